The number of carbonyl (C=O) groups excluding carboxylic acids is 1. The van der Waals surface area contributed by atoms with Gasteiger partial charge in [-0.25, -0.2) is 5.01 Å². The molecule has 1 aromatic heterocycles. The molecule has 0 fully saturated rings. The van der Waals surface area contributed by atoms with Crippen molar-refractivity contribution in [3.63, 3.8) is 0 Å². The van der Waals surface area contributed by atoms with E-state index in [2.05, 4.69) is 29.4 Å². The Morgan fingerprint density at radius 1 is 1.17 bits per heavy atom. The summed E-state index contributed by atoms with van der Waals surface area (Å²) in [5.74, 6) is -0.223. The lowest BCUT2D eigenvalue weighted by atomic mass is 9.97. The van der Waals surface area contributed by atoms with Gasteiger partial charge in [-0.05, 0) is 22.2 Å². The molecule has 2 aromatic carbocycles. The molecule has 5 heteroatoms. The largest absolute Gasteiger partial charge is 0.272 e. The highest BCUT2D eigenvalue weighted by atomic mass is 35.5. The summed E-state index contributed by atoms with van der Waals surface area (Å²) in [6.45, 7) is 0. The minimum Gasteiger partial charge on any atom is -0.272 e. The lowest BCUT2D eigenvalue weighted by Gasteiger charge is -2.19. The van der Waals surface area contributed by atoms with Gasteiger partial charge in [-0.2, -0.15) is 5.10 Å². The molecule has 3 nitrogen and oxygen atoms in total. The smallest absolute Gasteiger partial charge is 0.258 e. The molecule has 120 valence electrons. The van der Waals surface area contributed by atoms with E-state index >= 15 is 0 Å². The maximum absolute atomic E-state index is 12.3. The molecule has 4 rings (SSSR count). The predicted molar refractivity (Wildman–Crippen MR) is 99.7 cm³/mol. The van der Waals surface area contributed by atoms with Crippen molar-refractivity contribution in [2.75, 3.05) is 5.88 Å². The van der Waals surface area contributed by atoms with Crippen molar-refractivity contribution in [3.05, 3.63) is 70.4 Å². The van der Waals surface area contributed by atoms with Crippen LogP contribution in [0.4, 0.5) is 0 Å². The first-order chi connectivity index (χ1) is 11.8. The highest BCUT2D eigenvalue weighted by molar-refractivity contribution is 7.10. The van der Waals surface area contributed by atoms with Crippen LogP contribution in [0.25, 0.3) is 10.8 Å². The second-order valence-electron chi connectivity index (χ2n) is 5.68. The summed E-state index contributed by atoms with van der Waals surface area (Å²) in [6, 6.07) is 18.4. The van der Waals surface area contributed by atoms with Crippen LogP contribution < -0.4 is 0 Å². The molecule has 0 radical (unpaired) electrons. The molecule has 0 N–H and O–H groups in total. The van der Waals surface area contributed by atoms with Crippen LogP contribution in [0.1, 0.15) is 22.9 Å². The fourth-order valence-corrected chi connectivity index (χ4v) is 4.08. The van der Waals surface area contributed by atoms with Crippen LogP contribution in [0.3, 0.4) is 0 Å². The highest BCUT2D eigenvalue weighted by Crippen LogP contribution is 2.36. The Morgan fingerprint density at radius 2 is 2.00 bits per heavy atom. The molecule has 0 saturated heterocycles. The van der Waals surface area contributed by atoms with Crippen LogP contribution in [0.2, 0.25) is 0 Å². The van der Waals surface area contributed by atoms with Crippen LogP contribution in [-0.4, -0.2) is 22.5 Å². The van der Waals surface area contributed by atoms with Crippen LogP contribution in [0, 0.1) is 0 Å². The van der Waals surface area contributed by atoms with Gasteiger partial charge in [0.05, 0.1) is 11.8 Å². The summed E-state index contributed by atoms with van der Waals surface area (Å²) in [4.78, 5) is 13.4. The SMILES string of the molecule is O=C(CCl)N1N=C(c2cccc3ccccc23)CC1c1cccs1. The zero-order chi connectivity index (χ0) is 16.5. The van der Waals surface area contributed by atoms with Crippen LogP contribution in [0.5, 0.6) is 0 Å². The minimum absolute atomic E-state index is 0.0613. The van der Waals surface area contributed by atoms with Gasteiger partial charge in [0.25, 0.3) is 5.91 Å². The van der Waals surface area contributed by atoms with Gasteiger partial charge in [-0.1, -0.05) is 48.5 Å². The zero-order valence-electron chi connectivity index (χ0n) is 12.9. The molecule has 1 aliphatic rings. The van der Waals surface area contributed by atoms with E-state index in [1.165, 1.54) is 5.39 Å². The van der Waals surface area contributed by atoms with Crippen molar-refractivity contribution in [1.29, 1.82) is 0 Å². The van der Waals surface area contributed by atoms with Crippen LogP contribution in [-0.2, 0) is 4.79 Å². The van der Waals surface area contributed by atoms with Gasteiger partial charge >= 0.3 is 0 Å². The average molecular weight is 355 g/mol. The standard InChI is InChI=1S/C19H15ClN2OS/c20-12-19(23)22-17(18-9-4-10-24-18)11-16(21-22)15-8-3-6-13-5-1-2-7-14(13)15/h1-10,17H,11-12H2. The molecule has 24 heavy (non-hydrogen) atoms. The number of carbonyl (C=O) groups is 1. The van der Waals surface area contributed by atoms with E-state index in [0.717, 1.165) is 21.5 Å². The number of halogens is 1. The van der Waals surface area contributed by atoms with E-state index in [-0.39, 0.29) is 17.8 Å². The summed E-state index contributed by atoms with van der Waals surface area (Å²) in [5.41, 5.74) is 2.02. The van der Waals surface area contributed by atoms with Gasteiger partial charge in [0.15, 0.2) is 0 Å². The molecule has 0 spiro atoms. The van der Waals surface area contributed by atoms with Gasteiger partial charge < -0.3 is 0 Å². The maximum Gasteiger partial charge on any atom is 0.258 e. The third-order valence-electron chi connectivity index (χ3n) is 4.25. The van der Waals surface area contributed by atoms with Gasteiger partial charge in [0.1, 0.15) is 5.88 Å². The molecule has 1 atom stereocenters. The van der Waals surface area contributed by atoms with Gasteiger partial charge in [-0.3, -0.25) is 4.79 Å². The van der Waals surface area contributed by atoms with E-state index in [1.807, 2.05) is 35.7 Å². The third-order valence-corrected chi connectivity index (χ3v) is 5.45. The minimum atomic E-state index is -0.162. The summed E-state index contributed by atoms with van der Waals surface area (Å²) in [5, 5.41) is 10.5. The Hall–Kier alpha value is -2.17. The van der Waals surface area contributed by atoms with Crippen molar-refractivity contribution >= 4 is 45.3 Å². The second-order valence-corrected chi connectivity index (χ2v) is 6.93. The Bertz CT molecular complexity index is 915. The first-order valence-electron chi connectivity index (χ1n) is 7.75. The molecule has 1 aliphatic heterocycles. The van der Waals surface area contributed by atoms with Crippen molar-refractivity contribution in [1.82, 2.24) is 5.01 Å². The number of rotatable bonds is 3. The first-order valence-corrected chi connectivity index (χ1v) is 9.16. The number of alkyl halides is 1. The molecule has 0 saturated carbocycles. The highest BCUT2D eigenvalue weighted by Gasteiger charge is 2.33. The quantitative estimate of drug-likeness (QED) is 0.621. The van der Waals surface area contributed by atoms with Gasteiger partial charge in [-0.15, -0.1) is 22.9 Å². The van der Waals surface area contributed by atoms with Crippen LogP contribution in [0.15, 0.2) is 65.1 Å². The summed E-state index contributed by atoms with van der Waals surface area (Å²) < 4.78 is 0. The van der Waals surface area contributed by atoms with Crippen molar-refractivity contribution in [2.45, 2.75) is 12.5 Å². The van der Waals surface area contributed by atoms with E-state index in [0.29, 0.717) is 6.42 Å². The average Bonchev–Trinajstić information content (AvgIpc) is 3.30. The molecule has 2 heterocycles. The second kappa shape index (κ2) is 6.38. The fourth-order valence-electron chi connectivity index (χ4n) is 3.14. The lowest BCUT2D eigenvalue weighted by molar-refractivity contribution is -0.130. The zero-order valence-corrected chi connectivity index (χ0v) is 14.4. The molecule has 1 amide bonds. The number of fused-ring (bicyclic) bond motifs is 1. The van der Waals surface area contributed by atoms with Crippen molar-refractivity contribution in [2.24, 2.45) is 5.10 Å². The summed E-state index contributed by atoms with van der Waals surface area (Å²) in [6.07, 6.45) is 0.706. The van der Waals surface area contributed by atoms with Crippen LogP contribution >= 0.6 is 22.9 Å². The van der Waals surface area contributed by atoms with Crippen molar-refractivity contribution in [3.8, 4) is 0 Å². The predicted octanol–water partition coefficient (Wildman–Crippen LogP) is 4.82. The van der Waals surface area contributed by atoms with Gasteiger partial charge in [0.2, 0.25) is 0 Å². The number of amides is 1. The lowest BCUT2D eigenvalue weighted by Crippen LogP contribution is -2.27. The fraction of sp³-hybridized carbons (Fsp3) is 0.158. The Morgan fingerprint density at radius 3 is 2.79 bits per heavy atom. The van der Waals surface area contributed by atoms with Crippen molar-refractivity contribution < 1.29 is 4.79 Å². The molecule has 0 bridgehead atoms. The summed E-state index contributed by atoms with van der Waals surface area (Å²) >= 11 is 7.43. The number of hydrazone groups is 1. The van der Waals surface area contributed by atoms with E-state index in [4.69, 9.17) is 11.6 Å². The number of hydrogen-bond donors (Lipinski definition) is 0. The normalized spacial score (nSPS) is 17.3. The number of hydrogen-bond acceptors (Lipinski definition) is 3. The Labute approximate surface area is 149 Å². The van der Waals surface area contributed by atoms with E-state index < -0.39 is 0 Å². The number of nitrogens with zero attached hydrogens (tertiary/aromatic N) is 2. The molecule has 1 unspecified atom stereocenters. The summed E-state index contributed by atoms with van der Waals surface area (Å²) in [7, 11) is 0. The first kappa shape index (κ1) is 15.4. The number of thiophene rings is 1. The topological polar surface area (TPSA) is 32.7 Å². The molecule has 3 aromatic rings. The third kappa shape index (κ3) is 2.62. The number of benzene rings is 2. The van der Waals surface area contributed by atoms with E-state index in [1.54, 1.807) is 16.3 Å². The maximum atomic E-state index is 12.3. The van der Waals surface area contributed by atoms with Gasteiger partial charge in [0, 0.05) is 16.9 Å². The monoisotopic (exact) mass is 354 g/mol. The Kier molecular flexibility index (Phi) is 4.08. The Balaban J connectivity index is 1.79. The van der Waals surface area contributed by atoms with E-state index in [9.17, 15) is 4.79 Å². The molecular formula is C19H15ClN2OS. The molecular weight excluding hydrogens is 340 g/mol. The molecule has 0 aliphatic carbocycles.